The molecule has 3 N–H and O–H groups in total. The summed E-state index contributed by atoms with van der Waals surface area (Å²) in [6.45, 7) is 8.72. The van der Waals surface area contributed by atoms with Gasteiger partial charge in [0.1, 0.15) is 23.4 Å². The SMILES string of the molecule is COc1ncc(-c2ccnc(N3CCc4c(sc5c4CCCC5)C3=O)c2[C@@H](C)O)cc1Nc1ccc(N2CCN(C3CCN(c4ccc5c(c4)C(=O)N(C4CCC(=O)NC4=O)C5=O)CC3)C[C@@H]2C)cn1. The van der Waals surface area contributed by atoms with Crippen LogP contribution in [0.4, 0.5) is 28.7 Å². The van der Waals surface area contributed by atoms with Gasteiger partial charge < -0.3 is 25.0 Å². The van der Waals surface area contributed by atoms with Gasteiger partial charge in [-0.05, 0) is 124 Å². The molecular weight excluding hydrogens is 909 g/mol. The molecule has 18 heteroatoms. The molecule has 3 atom stereocenters. The van der Waals surface area contributed by atoms with Gasteiger partial charge in [0.25, 0.3) is 17.7 Å². The van der Waals surface area contributed by atoms with Crippen LogP contribution < -0.4 is 30.1 Å². The van der Waals surface area contributed by atoms with Gasteiger partial charge in [-0.1, -0.05) is 0 Å². The summed E-state index contributed by atoms with van der Waals surface area (Å²) >= 11 is 1.63. The predicted molar refractivity (Wildman–Crippen MR) is 265 cm³/mol. The van der Waals surface area contributed by atoms with Crippen LogP contribution in [0.2, 0.25) is 0 Å². The molecule has 0 bridgehead atoms. The summed E-state index contributed by atoms with van der Waals surface area (Å²) in [5, 5.41) is 16.9. The highest BCUT2D eigenvalue weighted by Gasteiger charge is 2.45. The second-order valence-corrected chi connectivity index (χ2v) is 20.3. The molecule has 0 spiro atoms. The molecule has 3 saturated heterocycles. The predicted octanol–water partition coefficient (Wildman–Crippen LogP) is 6.07. The lowest BCUT2D eigenvalue weighted by Crippen LogP contribution is -2.57. The third-order valence-electron chi connectivity index (χ3n) is 15.1. The molecule has 3 fully saturated rings. The van der Waals surface area contributed by atoms with E-state index in [4.69, 9.17) is 14.7 Å². The maximum atomic E-state index is 14.1. The number of methoxy groups -OCH3 is 1. The van der Waals surface area contributed by atoms with Gasteiger partial charge in [-0.15, -0.1) is 11.3 Å². The number of hydrogen-bond acceptors (Lipinski definition) is 15. The van der Waals surface area contributed by atoms with Crippen molar-refractivity contribution in [1.29, 1.82) is 0 Å². The number of aliphatic hydroxyl groups is 1. The Hall–Kier alpha value is -6.76. The van der Waals surface area contributed by atoms with Crippen LogP contribution in [0, 0.1) is 0 Å². The average molecular weight is 965 g/mol. The number of ether oxygens (including phenoxy) is 1. The van der Waals surface area contributed by atoms with E-state index in [0.717, 1.165) is 110 Å². The van der Waals surface area contributed by atoms with Crippen LogP contribution in [0.3, 0.4) is 0 Å². The molecule has 5 aromatic rings. The molecule has 0 radical (unpaired) electrons. The molecule has 362 valence electrons. The van der Waals surface area contributed by atoms with Crippen molar-refractivity contribution in [1.82, 2.24) is 30.1 Å². The lowest BCUT2D eigenvalue weighted by molar-refractivity contribution is -0.136. The standard InChI is InChI=1S/C52H56N10O7S/c1-29-28-59(32-15-19-58(20-16-32)33-8-10-38-39(25-33)51(67)62(50(38)66)41-11-13-44(64)57-48(41)65)22-23-60(29)34-9-12-43(54-27-34)56-40-24-31(26-55-49(40)69-3)35-14-18-53-47(45(35)30(2)63)61-21-17-37-36-6-4-5-7-42(36)70-46(37)52(61)68/h8-10,12,14,18,24-27,29-30,32,41,63H,4-7,11,13,15-17,19-23,28H2,1-3H3,(H,54,56)(H,57,64,65)/t29-,30+,41?/m0/s1. The Morgan fingerprint density at radius 1 is 0.800 bits per heavy atom. The first-order valence-electron chi connectivity index (χ1n) is 24.5. The number of aromatic nitrogens is 3. The summed E-state index contributed by atoms with van der Waals surface area (Å²) in [5.74, 6) is -0.584. The number of anilines is 5. The van der Waals surface area contributed by atoms with E-state index in [1.54, 1.807) is 54.8 Å². The quantitative estimate of drug-likeness (QED) is 0.137. The van der Waals surface area contributed by atoms with Crippen LogP contribution in [0.1, 0.15) is 110 Å². The number of thiophene rings is 1. The number of amides is 5. The van der Waals surface area contributed by atoms with Crippen molar-refractivity contribution >= 4 is 69.6 Å². The fourth-order valence-electron chi connectivity index (χ4n) is 11.5. The highest BCUT2D eigenvalue weighted by molar-refractivity contribution is 7.14. The zero-order valence-electron chi connectivity index (χ0n) is 39.6. The molecule has 5 aliphatic heterocycles. The Morgan fingerprint density at radius 3 is 2.36 bits per heavy atom. The lowest BCUT2D eigenvalue weighted by Gasteiger charge is -2.46. The normalized spacial score (nSPS) is 21.4. The third kappa shape index (κ3) is 8.14. The second kappa shape index (κ2) is 18.5. The van der Waals surface area contributed by atoms with E-state index in [-0.39, 0.29) is 30.4 Å². The number of nitrogens with one attached hydrogen (secondary N) is 2. The Kier molecular flexibility index (Phi) is 12.1. The van der Waals surface area contributed by atoms with Crippen molar-refractivity contribution in [2.75, 3.05) is 66.4 Å². The molecule has 11 rings (SSSR count). The van der Waals surface area contributed by atoms with E-state index in [1.165, 1.54) is 16.0 Å². The summed E-state index contributed by atoms with van der Waals surface area (Å²) in [7, 11) is 1.57. The number of carbonyl (C=O) groups is 5. The molecule has 4 aromatic heterocycles. The van der Waals surface area contributed by atoms with Crippen molar-refractivity contribution in [3.63, 3.8) is 0 Å². The number of hydrogen-bond donors (Lipinski definition) is 3. The van der Waals surface area contributed by atoms with Crippen molar-refractivity contribution in [3.8, 4) is 17.0 Å². The van der Waals surface area contributed by atoms with Gasteiger partial charge in [0.2, 0.25) is 17.7 Å². The summed E-state index contributed by atoms with van der Waals surface area (Å²) in [5.41, 5.74) is 7.70. The van der Waals surface area contributed by atoms with Crippen molar-refractivity contribution < 1.29 is 33.8 Å². The van der Waals surface area contributed by atoms with Crippen LogP contribution in [0.15, 0.2) is 61.1 Å². The molecule has 5 amide bonds. The molecule has 0 saturated carbocycles. The molecular formula is C52H56N10O7S. The van der Waals surface area contributed by atoms with Gasteiger partial charge in [-0.3, -0.25) is 44.0 Å². The highest BCUT2D eigenvalue weighted by atomic mass is 32.1. The largest absolute Gasteiger partial charge is 0.480 e. The number of benzene rings is 1. The van der Waals surface area contributed by atoms with Crippen LogP contribution >= 0.6 is 11.3 Å². The monoisotopic (exact) mass is 964 g/mol. The highest BCUT2D eigenvalue weighted by Crippen LogP contribution is 2.42. The summed E-state index contributed by atoms with van der Waals surface area (Å²) in [4.78, 5) is 91.3. The van der Waals surface area contributed by atoms with E-state index >= 15 is 0 Å². The van der Waals surface area contributed by atoms with E-state index in [9.17, 15) is 29.1 Å². The first-order valence-corrected chi connectivity index (χ1v) is 25.3. The Bertz CT molecular complexity index is 2930. The third-order valence-corrected chi connectivity index (χ3v) is 16.4. The minimum absolute atomic E-state index is 0.0516. The van der Waals surface area contributed by atoms with Crippen molar-refractivity contribution in [2.45, 2.75) is 95.9 Å². The summed E-state index contributed by atoms with van der Waals surface area (Å²) in [6.07, 6.45) is 11.7. The van der Waals surface area contributed by atoms with E-state index < -0.39 is 35.8 Å². The first kappa shape index (κ1) is 45.7. The lowest BCUT2D eigenvalue weighted by atomic mass is 9.91. The maximum Gasteiger partial charge on any atom is 0.269 e. The van der Waals surface area contributed by atoms with Crippen LogP contribution in [0.25, 0.3) is 11.1 Å². The zero-order valence-corrected chi connectivity index (χ0v) is 40.4. The molecule has 17 nitrogen and oxygen atoms in total. The smallest absolute Gasteiger partial charge is 0.269 e. The number of rotatable bonds is 10. The minimum atomic E-state index is -0.987. The van der Waals surface area contributed by atoms with Gasteiger partial charge in [-0.2, -0.15) is 0 Å². The first-order chi connectivity index (χ1) is 33.9. The zero-order chi connectivity index (χ0) is 48.4. The Labute approximate surface area is 409 Å². The van der Waals surface area contributed by atoms with Gasteiger partial charge in [-0.25, -0.2) is 15.0 Å². The van der Waals surface area contributed by atoms with Crippen LogP contribution in [-0.2, 0) is 28.9 Å². The number of aryl methyl sites for hydroxylation is 1. The number of piperazine rings is 1. The molecule has 1 aromatic carbocycles. The number of piperidine rings is 2. The topological polar surface area (TPSA) is 194 Å². The molecule has 6 aliphatic rings. The number of nitrogens with zero attached hydrogens (tertiary/aromatic N) is 8. The van der Waals surface area contributed by atoms with E-state index in [0.29, 0.717) is 46.9 Å². The fraction of sp³-hybridized carbons (Fsp3) is 0.423. The number of aliphatic hydroxyl groups excluding tert-OH is 1. The Morgan fingerprint density at radius 2 is 1.60 bits per heavy atom. The van der Waals surface area contributed by atoms with Gasteiger partial charge >= 0.3 is 0 Å². The minimum Gasteiger partial charge on any atom is -0.480 e. The number of pyridine rings is 3. The van der Waals surface area contributed by atoms with Crippen LogP contribution in [0.5, 0.6) is 5.88 Å². The average Bonchev–Trinajstić information content (AvgIpc) is 3.88. The molecule has 1 aliphatic carbocycles. The van der Waals surface area contributed by atoms with Gasteiger partial charge in [0.05, 0.1) is 41.1 Å². The van der Waals surface area contributed by atoms with E-state index in [2.05, 4.69) is 43.3 Å². The van der Waals surface area contributed by atoms with Crippen LogP contribution in [-0.4, -0.2) is 124 Å². The number of fused-ring (bicyclic) bond motifs is 4. The van der Waals surface area contributed by atoms with E-state index in [1.807, 2.05) is 30.5 Å². The number of imide groups is 2. The summed E-state index contributed by atoms with van der Waals surface area (Å²) < 4.78 is 5.69. The molecule has 1 unspecified atom stereocenters. The number of carbonyl (C=O) groups excluding carboxylic acids is 5. The summed E-state index contributed by atoms with van der Waals surface area (Å²) in [6, 6.07) is 12.8. The van der Waals surface area contributed by atoms with Gasteiger partial charge in [0, 0.05) is 91.9 Å². The molecule has 70 heavy (non-hydrogen) atoms. The fourth-order valence-corrected chi connectivity index (χ4v) is 12.9. The van der Waals surface area contributed by atoms with Crippen molar-refractivity contribution in [2.24, 2.45) is 0 Å². The molecule has 9 heterocycles. The van der Waals surface area contributed by atoms with Gasteiger partial charge in [0.15, 0.2) is 0 Å². The van der Waals surface area contributed by atoms with Crippen molar-refractivity contribution in [3.05, 3.63) is 98.6 Å². The maximum absolute atomic E-state index is 14.1. The Balaban J connectivity index is 0.724. The second-order valence-electron chi connectivity index (χ2n) is 19.2.